The van der Waals surface area contributed by atoms with E-state index in [9.17, 15) is 5.11 Å². The zero-order chi connectivity index (χ0) is 14.5. The van der Waals surface area contributed by atoms with Gasteiger partial charge in [-0.25, -0.2) is 0 Å². The van der Waals surface area contributed by atoms with Crippen LogP contribution in [0.2, 0.25) is 0 Å². The van der Waals surface area contributed by atoms with Crippen LogP contribution < -0.4 is 5.32 Å². The molecule has 1 aliphatic heterocycles. The third kappa shape index (κ3) is 5.30. The lowest BCUT2D eigenvalue weighted by molar-refractivity contribution is 0.0312. The molecule has 0 aromatic carbocycles. The van der Waals surface area contributed by atoms with E-state index >= 15 is 0 Å². The van der Waals surface area contributed by atoms with Gasteiger partial charge in [0.1, 0.15) is 6.17 Å². The lowest BCUT2D eigenvalue weighted by Gasteiger charge is -2.38. The van der Waals surface area contributed by atoms with Gasteiger partial charge in [-0.1, -0.05) is 6.08 Å². The third-order valence-electron chi connectivity index (χ3n) is 3.43. The fraction of sp³-hybridized carbons (Fsp3) is 0.786. The molecule has 1 heterocycles. The van der Waals surface area contributed by atoms with Crippen molar-refractivity contribution >= 4 is 6.34 Å². The molecule has 110 valence electrons. The maximum Gasteiger partial charge on any atom is 0.102 e. The van der Waals surface area contributed by atoms with Gasteiger partial charge in [-0.2, -0.15) is 0 Å². The summed E-state index contributed by atoms with van der Waals surface area (Å²) < 4.78 is 5.38. The Bertz CT molecular complexity index is 317. The minimum absolute atomic E-state index is 0.0629. The van der Waals surface area contributed by atoms with Gasteiger partial charge in [-0.15, -0.1) is 0 Å². The minimum Gasteiger partial charge on any atom is -0.386 e. The molecule has 0 bridgehead atoms. The normalized spacial score (nSPS) is 20.4. The molecule has 1 saturated heterocycles. The summed E-state index contributed by atoms with van der Waals surface area (Å²) in [7, 11) is 2.05. The summed E-state index contributed by atoms with van der Waals surface area (Å²) in [5.74, 6) is 0. The molecular weight excluding hydrogens is 242 g/mol. The number of hydrogen-bond acceptors (Lipinski definition) is 4. The predicted molar refractivity (Wildman–Crippen MR) is 77.4 cm³/mol. The van der Waals surface area contributed by atoms with E-state index in [2.05, 4.69) is 17.3 Å². The minimum atomic E-state index is -0.845. The van der Waals surface area contributed by atoms with Gasteiger partial charge in [-0.05, 0) is 46.2 Å². The monoisotopic (exact) mass is 269 g/mol. The van der Waals surface area contributed by atoms with Gasteiger partial charge in [-0.3, -0.25) is 10.3 Å². The molecule has 0 aromatic rings. The zero-order valence-corrected chi connectivity index (χ0v) is 12.4. The Labute approximate surface area is 116 Å². The molecule has 0 amide bonds. The predicted octanol–water partition coefficient (Wildman–Crippen LogP) is 1.34. The highest BCUT2D eigenvalue weighted by atomic mass is 16.5. The molecule has 3 N–H and O–H groups in total. The van der Waals surface area contributed by atoms with Crippen molar-refractivity contribution in [2.75, 3.05) is 20.3 Å². The van der Waals surface area contributed by atoms with Gasteiger partial charge < -0.3 is 15.2 Å². The fourth-order valence-corrected chi connectivity index (χ4v) is 2.59. The molecule has 0 spiro atoms. The van der Waals surface area contributed by atoms with Crippen LogP contribution in [0, 0.1) is 5.41 Å². The Balaban J connectivity index is 2.80. The van der Waals surface area contributed by atoms with E-state index in [1.807, 2.05) is 13.0 Å². The lowest BCUT2D eigenvalue weighted by Crippen LogP contribution is -2.50. The van der Waals surface area contributed by atoms with Crippen LogP contribution in [0.25, 0.3) is 0 Å². The smallest absolute Gasteiger partial charge is 0.102 e. The van der Waals surface area contributed by atoms with Crippen molar-refractivity contribution in [2.45, 2.75) is 51.4 Å². The van der Waals surface area contributed by atoms with Crippen LogP contribution in [0.4, 0.5) is 0 Å². The van der Waals surface area contributed by atoms with E-state index in [1.54, 1.807) is 13.8 Å². The summed E-state index contributed by atoms with van der Waals surface area (Å²) >= 11 is 0. The quantitative estimate of drug-likeness (QED) is 0.294. The van der Waals surface area contributed by atoms with E-state index < -0.39 is 5.60 Å². The molecule has 1 rings (SSSR count). The van der Waals surface area contributed by atoms with Gasteiger partial charge in [0.25, 0.3) is 0 Å². The molecule has 0 radical (unpaired) electrons. The average molecular weight is 269 g/mol. The van der Waals surface area contributed by atoms with Crippen molar-refractivity contribution in [2.24, 2.45) is 0 Å². The number of nitrogens with one attached hydrogen (secondary N) is 2. The van der Waals surface area contributed by atoms with Crippen molar-refractivity contribution in [1.29, 1.82) is 5.41 Å². The second-order valence-electron chi connectivity index (χ2n) is 5.76. The molecule has 5 heteroatoms. The number of nitrogens with zero attached hydrogens (tertiary/aromatic N) is 1. The summed E-state index contributed by atoms with van der Waals surface area (Å²) in [6.07, 6.45) is 4.99. The average Bonchev–Trinajstić information content (AvgIpc) is 2.34. The molecule has 1 atom stereocenters. The molecular formula is C14H27N3O2. The first-order valence-corrected chi connectivity index (χ1v) is 6.81. The van der Waals surface area contributed by atoms with Crippen molar-refractivity contribution in [3.8, 4) is 0 Å². The van der Waals surface area contributed by atoms with Crippen LogP contribution in [0.15, 0.2) is 11.6 Å². The van der Waals surface area contributed by atoms with Crippen molar-refractivity contribution in [1.82, 2.24) is 10.2 Å². The highest BCUT2D eigenvalue weighted by Gasteiger charge is 2.26. The van der Waals surface area contributed by atoms with Crippen molar-refractivity contribution in [3.05, 3.63) is 11.6 Å². The van der Waals surface area contributed by atoms with E-state index in [0.29, 0.717) is 6.04 Å². The molecule has 1 fully saturated rings. The molecule has 1 aliphatic rings. The molecule has 0 aliphatic carbocycles. The van der Waals surface area contributed by atoms with Crippen LogP contribution in [0.5, 0.6) is 0 Å². The highest BCUT2D eigenvalue weighted by molar-refractivity contribution is 5.51. The van der Waals surface area contributed by atoms with E-state index in [0.717, 1.165) is 31.6 Å². The second kappa shape index (κ2) is 7.03. The molecule has 1 unspecified atom stereocenters. The first-order chi connectivity index (χ1) is 8.85. The maximum atomic E-state index is 9.90. The van der Waals surface area contributed by atoms with Gasteiger partial charge >= 0.3 is 0 Å². The van der Waals surface area contributed by atoms with E-state index in [1.165, 1.54) is 6.34 Å². The van der Waals surface area contributed by atoms with Crippen molar-refractivity contribution < 1.29 is 9.84 Å². The third-order valence-corrected chi connectivity index (χ3v) is 3.43. The van der Waals surface area contributed by atoms with Crippen LogP contribution >= 0.6 is 0 Å². The molecule has 19 heavy (non-hydrogen) atoms. The van der Waals surface area contributed by atoms with Gasteiger partial charge in [0.2, 0.25) is 0 Å². The Hall–Kier alpha value is -0.910. The van der Waals surface area contributed by atoms with Crippen LogP contribution in [0.3, 0.4) is 0 Å². The van der Waals surface area contributed by atoms with Gasteiger partial charge in [0, 0.05) is 19.3 Å². The second-order valence-corrected chi connectivity index (χ2v) is 5.76. The van der Waals surface area contributed by atoms with Crippen LogP contribution in [-0.4, -0.2) is 54.4 Å². The fourth-order valence-electron chi connectivity index (χ4n) is 2.59. The first kappa shape index (κ1) is 16.1. The summed E-state index contributed by atoms with van der Waals surface area (Å²) in [5.41, 5.74) is 0.174. The maximum absolute atomic E-state index is 9.90. The largest absolute Gasteiger partial charge is 0.386 e. The Morgan fingerprint density at radius 3 is 2.53 bits per heavy atom. The number of ether oxygens (including phenoxy) is 1. The topological polar surface area (TPSA) is 68.6 Å². The standard InChI is InChI=1S/C14H27N3O2/c1-11(9-14(2,3)18)13(16-10-15)17(4)12-5-7-19-8-6-12/h9-10,12-13,18H,5-8H2,1-4H3,(H2,15,16)/b11-9+. The number of rotatable bonds is 6. The summed E-state index contributed by atoms with van der Waals surface area (Å²) in [4.78, 5) is 2.23. The van der Waals surface area contributed by atoms with E-state index in [4.69, 9.17) is 10.1 Å². The first-order valence-electron chi connectivity index (χ1n) is 6.81. The number of likely N-dealkylation sites (N-methyl/N-ethyl adjacent to an activating group) is 1. The highest BCUT2D eigenvalue weighted by Crippen LogP contribution is 2.19. The van der Waals surface area contributed by atoms with E-state index in [-0.39, 0.29) is 6.17 Å². The number of aliphatic hydroxyl groups is 1. The Morgan fingerprint density at radius 2 is 2.05 bits per heavy atom. The van der Waals surface area contributed by atoms with Crippen molar-refractivity contribution in [3.63, 3.8) is 0 Å². The summed E-state index contributed by atoms with van der Waals surface area (Å²) in [6.45, 7) is 7.08. The zero-order valence-electron chi connectivity index (χ0n) is 12.4. The molecule has 5 nitrogen and oxygen atoms in total. The molecule has 0 aromatic heterocycles. The van der Waals surface area contributed by atoms with Crippen LogP contribution in [-0.2, 0) is 4.74 Å². The van der Waals surface area contributed by atoms with Gasteiger partial charge in [0.15, 0.2) is 0 Å². The summed E-state index contributed by atoms with van der Waals surface area (Å²) in [6, 6.07) is 0.441. The number of hydrogen-bond donors (Lipinski definition) is 3. The SMILES string of the molecule is C/C(=C\C(C)(C)O)C(NC=N)N(C)C1CCOCC1. The lowest BCUT2D eigenvalue weighted by atomic mass is 10.0. The molecule has 0 saturated carbocycles. The Kier molecular flexibility index (Phi) is 5.97. The van der Waals surface area contributed by atoms with Crippen LogP contribution in [0.1, 0.15) is 33.6 Å². The summed E-state index contributed by atoms with van der Waals surface area (Å²) in [5, 5.41) is 20.2. The van der Waals surface area contributed by atoms with Gasteiger partial charge in [0.05, 0.1) is 11.9 Å². The Morgan fingerprint density at radius 1 is 1.47 bits per heavy atom.